The Bertz CT molecular complexity index is 885. The van der Waals surface area contributed by atoms with E-state index >= 15 is 0 Å². The second-order valence-corrected chi connectivity index (χ2v) is 6.46. The zero-order valence-electron chi connectivity index (χ0n) is 12.8. The van der Waals surface area contributed by atoms with Crippen LogP contribution in [0.3, 0.4) is 0 Å². The summed E-state index contributed by atoms with van der Waals surface area (Å²) in [6.45, 7) is 1.20. The number of halogens is 2. The molecule has 1 amide bonds. The van der Waals surface area contributed by atoms with Crippen LogP contribution in [-0.4, -0.2) is 21.4 Å². The van der Waals surface area contributed by atoms with Gasteiger partial charge < -0.3 is 10.1 Å². The van der Waals surface area contributed by atoms with Gasteiger partial charge in [-0.05, 0) is 30.3 Å². The first-order valence-corrected chi connectivity index (χ1v) is 8.15. The minimum atomic E-state index is -4.05. The van der Waals surface area contributed by atoms with Crippen molar-refractivity contribution in [2.75, 3.05) is 17.1 Å². The molecule has 6 nitrogen and oxygen atoms in total. The molecule has 128 valence electrons. The third kappa shape index (κ3) is 3.99. The number of methoxy groups -OCH3 is 1. The summed E-state index contributed by atoms with van der Waals surface area (Å²) >= 11 is 0. The van der Waals surface area contributed by atoms with E-state index in [-0.39, 0.29) is 22.0 Å². The lowest BCUT2D eigenvalue weighted by molar-refractivity contribution is -0.114. The summed E-state index contributed by atoms with van der Waals surface area (Å²) < 4.78 is 58.6. The lowest BCUT2D eigenvalue weighted by atomic mass is 10.2. The van der Waals surface area contributed by atoms with Crippen LogP contribution in [0.25, 0.3) is 0 Å². The van der Waals surface area contributed by atoms with Gasteiger partial charge in [-0.15, -0.1) is 0 Å². The van der Waals surface area contributed by atoms with Gasteiger partial charge in [-0.1, -0.05) is 0 Å². The molecule has 0 aliphatic rings. The quantitative estimate of drug-likeness (QED) is 0.863. The highest BCUT2D eigenvalue weighted by Gasteiger charge is 2.18. The molecule has 0 heterocycles. The molecule has 2 rings (SSSR count). The lowest BCUT2D eigenvalue weighted by Gasteiger charge is -2.11. The van der Waals surface area contributed by atoms with Crippen molar-refractivity contribution < 1.29 is 26.7 Å². The molecule has 0 fully saturated rings. The minimum absolute atomic E-state index is 0.0310. The number of anilines is 2. The SMILES string of the molecule is COc1cc(S(=O)(=O)Nc2ccc(F)c(NC(C)=O)c2)ccc1F. The highest BCUT2D eigenvalue weighted by Crippen LogP contribution is 2.25. The molecule has 0 saturated carbocycles. The minimum Gasteiger partial charge on any atom is -0.494 e. The number of hydrogen-bond donors (Lipinski definition) is 2. The zero-order valence-corrected chi connectivity index (χ0v) is 13.6. The third-order valence-electron chi connectivity index (χ3n) is 2.96. The summed E-state index contributed by atoms with van der Waals surface area (Å²) in [5, 5.41) is 2.25. The molecule has 0 saturated heterocycles. The number of benzene rings is 2. The first-order chi connectivity index (χ1) is 11.2. The van der Waals surface area contributed by atoms with E-state index < -0.39 is 27.6 Å². The molecule has 2 N–H and O–H groups in total. The molecule has 9 heteroatoms. The van der Waals surface area contributed by atoms with E-state index in [0.717, 1.165) is 30.3 Å². The Morgan fingerprint density at radius 2 is 1.75 bits per heavy atom. The van der Waals surface area contributed by atoms with Gasteiger partial charge >= 0.3 is 0 Å². The Morgan fingerprint density at radius 1 is 1.08 bits per heavy atom. The van der Waals surface area contributed by atoms with Crippen LogP contribution >= 0.6 is 0 Å². The van der Waals surface area contributed by atoms with Gasteiger partial charge in [0.25, 0.3) is 10.0 Å². The molecule has 0 aromatic heterocycles. The van der Waals surface area contributed by atoms with Crippen LogP contribution in [0.4, 0.5) is 20.2 Å². The van der Waals surface area contributed by atoms with Crippen LogP contribution in [0.1, 0.15) is 6.92 Å². The Labute approximate surface area is 137 Å². The molecule has 0 spiro atoms. The molecule has 2 aromatic rings. The Balaban J connectivity index is 2.34. The number of sulfonamides is 1. The first-order valence-electron chi connectivity index (χ1n) is 6.66. The van der Waals surface area contributed by atoms with Crippen LogP contribution in [0.5, 0.6) is 5.75 Å². The zero-order chi connectivity index (χ0) is 17.9. The number of ether oxygens (including phenoxy) is 1. The van der Waals surface area contributed by atoms with Crippen molar-refractivity contribution in [1.82, 2.24) is 0 Å². The molecule has 0 aliphatic carbocycles. The van der Waals surface area contributed by atoms with E-state index in [1.54, 1.807) is 0 Å². The fraction of sp³-hybridized carbons (Fsp3) is 0.133. The van der Waals surface area contributed by atoms with Gasteiger partial charge in [0.2, 0.25) is 5.91 Å². The van der Waals surface area contributed by atoms with Crippen molar-refractivity contribution in [2.45, 2.75) is 11.8 Å². The topological polar surface area (TPSA) is 84.5 Å². The number of carbonyl (C=O) groups is 1. The van der Waals surface area contributed by atoms with Crippen molar-refractivity contribution in [3.05, 3.63) is 48.0 Å². The summed E-state index contributed by atoms with van der Waals surface area (Å²) in [4.78, 5) is 10.8. The van der Waals surface area contributed by atoms with Gasteiger partial charge in [0.1, 0.15) is 5.82 Å². The number of amides is 1. The Kier molecular flexibility index (Phi) is 5.03. The summed E-state index contributed by atoms with van der Waals surface area (Å²) in [5.41, 5.74) is -0.136. The van der Waals surface area contributed by atoms with Crippen LogP contribution in [0.15, 0.2) is 41.3 Å². The molecule has 0 aliphatic heterocycles. The molecular formula is C15H14F2N2O4S. The van der Waals surface area contributed by atoms with Gasteiger partial charge in [-0.25, -0.2) is 17.2 Å². The Morgan fingerprint density at radius 3 is 2.38 bits per heavy atom. The monoisotopic (exact) mass is 356 g/mol. The van der Waals surface area contributed by atoms with Crippen LogP contribution in [0, 0.1) is 11.6 Å². The summed E-state index contributed by atoms with van der Waals surface area (Å²) in [5.74, 6) is -2.14. The lowest BCUT2D eigenvalue weighted by Crippen LogP contribution is -2.14. The molecule has 0 radical (unpaired) electrons. The van der Waals surface area contributed by atoms with Gasteiger partial charge in [0.15, 0.2) is 11.6 Å². The Hall–Kier alpha value is -2.68. The summed E-state index contributed by atoms with van der Waals surface area (Å²) in [7, 11) is -2.84. The van der Waals surface area contributed by atoms with Crippen LogP contribution < -0.4 is 14.8 Å². The molecule has 0 unspecified atom stereocenters. The van der Waals surface area contributed by atoms with E-state index in [9.17, 15) is 22.0 Å². The van der Waals surface area contributed by atoms with E-state index in [2.05, 4.69) is 10.0 Å². The fourth-order valence-electron chi connectivity index (χ4n) is 1.90. The second kappa shape index (κ2) is 6.83. The average Bonchev–Trinajstić information content (AvgIpc) is 2.50. The molecular weight excluding hydrogens is 342 g/mol. The van der Waals surface area contributed by atoms with Crippen LogP contribution in [0.2, 0.25) is 0 Å². The van der Waals surface area contributed by atoms with Crippen molar-refractivity contribution in [1.29, 1.82) is 0 Å². The fourth-order valence-corrected chi connectivity index (χ4v) is 2.96. The number of nitrogens with one attached hydrogen (secondary N) is 2. The maximum atomic E-state index is 13.6. The highest BCUT2D eigenvalue weighted by molar-refractivity contribution is 7.92. The molecule has 2 aromatic carbocycles. The van der Waals surface area contributed by atoms with E-state index in [0.29, 0.717) is 0 Å². The predicted octanol–water partition coefficient (Wildman–Crippen LogP) is 2.73. The van der Waals surface area contributed by atoms with Crippen molar-refractivity contribution in [2.24, 2.45) is 0 Å². The third-order valence-corrected chi connectivity index (χ3v) is 4.34. The van der Waals surface area contributed by atoms with Crippen LogP contribution in [-0.2, 0) is 14.8 Å². The molecule has 24 heavy (non-hydrogen) atoms. The van der Waals surface area contributed by atoms with Gasteiger partial charge in [0, 0.05) is 13.0 Å². The predicted molar refractivity (Wildman–Crippen MR) is 84.5 cm³/mol. The van der Waals surface area contributed by atoms with Crippen molar-refractivity contribution >= 4 is 27.3 Å². The van der Waals surface area contributed by atoms with Crippen molar-refractivity contribution in [3.8, 4) is 5.75 Å². The molecule has 0 bridgehead atoms. The van der Waals surface area contributed by atoms with E-state index in [1.165, 1.54) is 20.1 Å². The summed E-state index contributed by atoms with van der Waals surface area (Å²) in [6.07, 6.45) is 0. The standard InChI is InChI=1S/C15H14F2N2O4S/c1-9(20)18-14-7-10(3-5-12(14)16)19-24(21,22)11-4-6-13(17)15(8-11)23-2/h3-8,19H,1-2H3,(H,18,20). The first kappa shape index (κ1) is 17.7. The molecule has 0 atom stereocenters. The second-order valence-electron chi connectivity index (χ2n) is 4.78. The smallest absolute Gasteiger partial charge is 0.262 e. The normalized spacial score (nSPS) is 11.0. The largest absolute Gasteiger partial charge is 0.494 e. The summed E-state index contributed by atoms with van der Waals surface area (Å²) in [6, 6.07) is 6.39. The highest BCUT2D eigenvalue weighted by atomic mass is 32.2. The van der Waals surface area contributed by atoms with Gasteiger partial charge in [-0.3, -0.25) is 9.52 Å². The number of carbonyl (C=O) groups excluding carboxylic acids is 1. The van der Waals surface area contributed by atoms with Gasteiger partial charge in [0.05, 0.1) is 23.4 Å². The van der Waals surface area contributed by atoms with Crippen molar-refractivity contribution in [3.63, 3.8) is 0 Å². The van der Waals surface area contributed by atoms with E-state index in [1.807, 2.05) is 0 Å². The number of hydrogen-bond acceptors (Lipinski definition) is 4. The van der Waals surface area contributed by atoms with E-state index in [4.69, 9.17) is 4.74 Å². The average molecular weight is 356 g/mol. The maximum absolute atomic E-state index is 13.6. The van der Waals surface area contributed by atoms with Gasteiger partial charge in [-0.2, -0.15) is 0 Å². The maximum Gasteiger partial charge on any atom is 0.262 e. The number of rotatable bonds is 5.